The van der Waals surface area contributed by atoms with Gasteiger partial charge in [0.15, 0.2) is 0 Å². The fourth-order valence-electron chi connectivity index (χ4n) is 3.84. The van der Waals surface area contributed by atoms with E-state index in [0.717, 1.165) is 51.6 Å². The molecule has 0 amide bonds. The first-order valence-corrected chi connectivity index (χ1v) is 12.6. The van der Waals surface area contributed by atoms with Gasteiger partial charge in [-0.3, -0.25) is 14.8 Å². The first-order valence-electron chi connectivity index (χ1n) is 12.6. The lowest BCUT2D eigenvalue weighted by atomic mass is 9.93. The van der Waals surface area contributed by atoms with Crippen LogP contribution in [0.15, 0.2) is 47.3 Å². The van der Waals surface area contributed by atoms with Gasteiger partial charge in [-0.05, 0) is 42.8 Å². The number of carbonyl (C=O) groups is 3. The molecule has 3 N–H and O–H groups in total. The molecule has 2 aliphatic heterocycles. The zero-order valence-corrected chi connectivity index (χ0v) is 23.0. The van der Waals surface area contributed by atoms with Gasteiger partial charge in [-0.1, -0.05) is 0 Å². The van der Waals surface area contributed by atoms with Crippen molar-refractivity contribution in [3.63, 3.8) is 0 Å². The van der Waals surface area contributed by atoms with E-state index in [1.807, 2.05) is 18.5 Å². The molecule has 4 rings (SSSR count). The molecular weight excluding hydrogens is 641 g/mol. The molecule has 2 aromatic rings. The number of furan rings is 1. The molecule has 0 bridgehead atoms. The molecule has 254 valence electrons. The highest BCUT2D eigenvalue weighted by atomic mass is 19.4. The van der Waals surface area contributed by atoms with Crippen molar-refractivity contribution in [1.29, 1.82) is 0 Å². The van der Waals surface area contributed by atoms with Gasteiger partial charge in [0, 0.05) is 44.5 Å². The zero-order valence-electron chi connectivity index (χ0n) is 23.0. The summed E-state index contributed by atoms with van der Waals surface area (Å²) < 4.78 is 107. The zero-order chi connectivity index (χ0) is 34.4. The van der Waals surface area contributed by atoms with E-state index in [2.05, 4.69) is 33.0 Å². The van der Waals surface area contributed by atoms with Crippen LogP contribution < -0.4 is 0 Å². The number of aromatic nitrogens is 1. The van der Waals surface area contributed by atoms with E-state index in [1.54, 1.807) is 6.26 Å². The van der Waals surface area contributed by atoms with Gasteiger partial charge >= 0.3 is 36.4 Å². The van der Waals surface area contributed by atoms with Crippen LogP contribution >= 0.6 is 0 Å². The standard InChI is InChI=1S/C19H25N3O2.3C2HF3O2/c1-2-18(23-10-1)14-21-8-5-17-13-22(9-11-24-19(17)15-21)12-16-3-6-20-7-4-16;3*3-2(4,5)1(6)7/h1-4,6-7,10,17,19H,5,8-9,11-15H2;3*(H,6,7)/t17-,19-;;;/m1.../s1. The normalized spacial score (nSPS) is 19.1. The number of aliphatic carboxylic acids is 3. The maximum Gasteiger partial charge on any atom is 0.490 e. The molecule has 0 saturated carbocycles. The number of carboxylic acid groups (broad SMARTS) is 3. The second kappa shape index (κ2) is 17.5. The first-order chi connectivity index (χ1) is 20.7. The number of carboxylic acids is 3. The summed E-state index contributed by atoms with van der Waals surface area (Å²) in [6.45, 7) is 6.96. The summed E-state index contributed by atoms with van der Waals surface area (Å²) >= 11 is 0. The summed E-state index contributed by atoms with van der Waals surface area (Å²) in [5.41, 5.74) is 1.33. The van der Waals surface area contributed by atoms with Crippen molar-refractivity contribution < 1.29 is 78.4 Å². The third-order valence-corrected chi connectivity index (χ3v) is 5.85. The molecule has 0 aromatic carbocycles. The van der Waals surface area contributed by atoms with Gasteiger partial charge in [0.05, 0.1) is 25.5 Å². The minimum Gasteiger partial charge on any atom is -0.475 e. The number of likely N-dealkylation sites (tertiary alicyclic amines) is 1. The largest absolute Gasteiger partial charge is 0.490 e. The fourth-order valence-corrected chi connectivity index (χ4v) is 3.84. The Balaban J connectivity index is 0.000000396. The lowest BCUT2D eigenvalue weighted by molar-refractivity contribution is -0.193. The molecule has 11 nitrogen and oxygen atoms in total. The Morgan fingerprint density at radius 1 is 0.778 bits per heavy atom. The Labute approximate surface area is 248 Å². The SMILES string of the molecule is O=C(O)C(F)(F)F.O=C(O)C(F)(F)F.O=C(O)C(F)(F)F.c1coc(CN2CC[C@@H]3CN(Cc4ccncc4)CCO[C@@H]3C2)c1. The Morgan fingerprint density at radius 2 is 1.27 bits per heavy atom. The number of alkyl halides is 9. The second-order valence-corrected chi connectivity index (χ2v) is 9.27. The third-order valence-electron chi connectivity index (χ3n) is 5.85. The minimum atomic E-state index is -5.08. The van der Waals surface area contributed by atoms with E-state index in [-0.39, 0.29) is 0 Å². The van der Waals surface area contributed by atoms with Gasteiger partial charge in [-0.15, -0.1) is 0 Å². The number of halogens is 9. The van der Waals surface area contributed by atoms with Crippen molar-refractivity contribution in [1.82, 2.24) is 14.8 Å². The average molecular weight is 669 g/mol. The Bertz CT molecular complexity index is 1120. The van der Waals surface area contributed by atoms with Gasteiger partial charge in [0.1, 0.15) is 5.76 Å². The maximum absolute atomic E-state index is 10.6. The number of hydrogen-bond donors (Lipinski definition) is 3. The van der Waals surface area contributed by atoms with Crippen LogP contribution in [0.5, 0.6) is 0 Å². The molecule has 2 saturated heterocycles. The summed E-state index contributed by atoms with van der Waals surface area (Å²) in [5, 5.41) is 21.4. The molecular formula is C25H28F9N3O8. The summed E-state index contributed by atoms with van der Waals surface area (Å²) in [5.74, 6) is -6.60. The second-order valence-electron chi connectivity index (χ2n) is 9.27. The molecule has 0 radical (unpaired) electrons. The summed E-state index contributed by atoms with van der Waals surface area (Å²) in [6.07, 6.45) is -8.21. The molecule has 2 atom stereocenters. The number of rotatable bonds is 4. The predicted molar refractivity (Wildman–Crippen MR) is 132 cm³/mol. The summed E-state index contributed by atoms with van der Waals surface area (Å²) in [4.78, 5) is 35.8. The number of hydrogen-bond acceptors (Lipinski definition) is 8. The van der Waals surface area contributed by atoms with E-state index in [1.165, 1.54) is 12.0 Å². The Hall–Kier alpha value is -3.91. The van der Waals surface area contributed by atoms with Crippen molar-refractivity contribution in [2.75, 3.05) is 32.8 Å². The Morgan fingerprint density at radius 3 is 1.71 bits per heavy atom. The molecule has 2 aliphatic rings. The van der Waals surface area contributed by atoms with Crippen molar-refractivity contribution in [2.24, 2.45) is 5.92 Å². The molecule has 20 heteroatoms. The maximum atomic E-state index is 10.6. The van der Waals surface area contributed by atoms with E-state index in [4.69, 9.17) is 38.9 Å². The number of nitrogens with zero attached hydrogens (tertiary/aromatic N) is 3. The number of ether oxygens (including phenoxy) is 1. The molecule has 0 unspecified atom stereocenters. The highest BCUT2D eigenvalue weighted by molar-refractivity contribution is 5.73. The molecule has 0 aliphatic carbocycles. The lowest BCUT2D eigenvalue weighted by Gasteiger charge is -2.37. The van der Waals surface area contributed by atoms with Gasteiger partial charge in [-0.2, -0.15) is 39.5 Å². The van der Waals surface area contributed by atoms with Crippen LogP contribution in [-0.2, 0) is 32.2 Å². The molecule has 2 aromatic heterocycles. The topological polar surface area (TPSA) is 154 Å². The van der Waals surface area contributed by atoms with Crippen LogP contribution in [0, 0.1) is 5.92 Å². The van der Waals surface area contributed by atoms with Crippen LogP contribution in [0.25, 0.3) is 0 Å². The smallest absolute Gasteiger partial charge is 0.475 e. The quantitative estimate of drug-likeness (QED) is 0.400. The first kappa shape index (κ1) is 39.1. The van der Waals surface area contributed by atoms with Gasteiger partial charge in [-0.25, -0.2) is 14.4 Å². The predicted octanol–water partition coefficient (Wildman–Crippen LogP) is 4.30. The van der Waals surface area contributed by atoms with Crippen molar-refractivity contribution in [3.8, 4) is 0 Å². The average Bonchev–Trinajstić information content (AvgIpc) is 3.35. The monoisotopic (exact) mass is 669 g/mol. The number of pyridine rings is 1. The van der Waals surface area contributed by atoms with Crippen LogP contribution in [0.3, 0.4) is 0 Å². The van der Waals surface area contributed by atoms with Crippen molar-refractivity contribution >= 4 is 17.9 Å². The van der Waals surface area contributed by atoms with E-state index in [9.17, 15) is 39.5 Å². The van der Waals surface area contributed by atoms with Crippen LogP contribution in [0.4, 0.5) is 39.5 Å². The summed E-state index contributed by atoms with van der Waals surface area (Å²) in [7, 11) is 0. The van der Waals surface area contributed by atoms with Gasteiger partial charge < -0.3 is 24.5 Å². The van der Waals surface area contributed by atoms with Crippen molar-refractivity contribution in [2.45, 2.75) is 44.1 Å². The molecule has 4 heterocycles. The summed E-state index contributed by atoms with van der Waals surface area (Å²) in [6, 6.07) is 8.22. The fraction of sp³-hybridized carbons (Fsp3) is 0.520. The highest BCUT2D eigenvalue weighted by Gasteiger charge is 2.39. The minimum absolute atomic E-state index is 0.344. The van der Waals surface area contributed by atoms with E-state index >= 15 is 0 Å². The van der Waals surface area contributed by atoms with Gasteiger partial charge in [0.2, 0.25) is 0 Å². The number of piperidine rings is 1. The molecule has 45 heavy (non-hydrogen) atoms. The van der Waals surface area contributed by atoms with Crippen LogP contribution in [0.2, 0.25) is 0 Å². The highest BCUT2D eigenvalue weighted by Crippen LogP contribution is 2.26. The van der Waals surface area contributed by atoms with E-state index in [0.29, 0.717) is 12.0 Å². The molecule has 0 spiro atoms. The third kappa shape index (κ3) is 16.1. The number of fused-ring (bicyclic) bond motifs is 1. The lowest BCUT2D eigenvalue weighted by Crippen LogP contribution is -2.46. The van der Waals surface area contributed by atoms with E-state index < -0.39 is 36.4 Å². The molecule has 2 fully saturated rings. The van der Waals surface area contributed by atoms with Crippen LogP contribution in [0.1, 0.15) is 17.7 Å². The van der Waals surface area contributed by atoms with Gasteiger partial charge in [0.25, 0.3) is 0 Å². The van der Waals surface area contributed by atoms with Crippen LogP contribution in [-0.4, -0.2) is 105 Å². The van der Waals surface area contributed by atoms with Crippen molar-refractivity contribution in [3.05, 3.63) is 54.2 Å². The Kier molecular flexibility index (Phi) is 15.2.